The van der Waals surface area contributed by atoms with Crippen LogP contribution >= 0.6 is 0 Å². The molecule has 0 aliphatic heterocycles. The first-order chi connectivity index (χ1) is 12.8. The van der Waals surface area contributed by atoms with Crippen molar-refractivity contribution in [1.29, 1.82) is 0 Å². The molecule has 0 spiro atoms. The molecule has 0 fully saturated rings. The molecule has 1 aliphatic rings. The van der Waals surface area contributed by atoms with Gasteiger partial charge in [0.2, 0.25) is 0 Å². The van der Waals surface area contributed by atoms with Gasteiger partial charge in [0, 0.05) is 37.8 Å². The molecular weight excluding hydrogens is 328 g/mol. The van der Waals surface area contributed by atoms with Crippen LogP contribution in [0.4, 0.5) is 0 Å². The topological polar surface area (TPSA) is 15.6 Å². The Balaban J connectivity index is 2.39. The van der Waals surface area contributed by atoms with Crippen molar-refractivity contribution in [3.8, 4) is 0 Å². The molecule has 140 valence electrons. The van der Waals surface area contributed by atoms with Crippen LogP contribution in [0.5, 0.6) is 0 Å². The predicted octanol–water partition coefficient (Wildman–Crippen LogP) is 6.32. The van der Waals surface area contributed by atoms with Crippen molar-refractivity contribution in [3.05, 3.63) is 101 Å². The van der Waals surface area contributed by atoms with Crippen molar-refractivity contribution in [3.63, 3.8) is 0 Å². The summed E-state index contributed by atoms with van der Waals surface area (Å²) in [6, 6.07) is 8.41. The van der Waals surface area contributed by atoms with Crippen LogP contribution in [-0.4, -0.2) is 24.7 Å². The minimum absolute atomic E-state index is 0.976. The van der Waals surface area contributed by atoms with Gasteiger partial charge in [0.05, 0.1) is 0 Å². The molecule has 27 heavy (non-hydrogen) atoms. The maximum absolute atomic E-state index is 4.75. The smallest absolute Gasteiger partial charge is 0.0445 e. The molecule has 0 amide bonds. The van der Waals surface area contributed by atoms with E-state index in [0.717, 1.165) is 40.0 Å². The Bertz CT molecular complexity index is 887. The first kappa shape index (κ1) is 20.4. The zero-order valence-electron chi connectivity index (χ0n) is 17.2. The third-order valence-electron chi connectivity index (χ3n) is 4.54. The summed E-state index contributed by atoms with van der Waals surface area (Å²) >= 11 is 0. The molecule has 0 bridgehead atoms. The molecule has 0 saturated heterocycles. The maximum Gasteiger partial charge on any atom is 0.0445 e. The monoisotopic (exact) mass is 358 g/mol. The number of benzene rings is 1. The quantitative estimate of drug-likeness (QED) is 0.411. The second-order valence-corrected chi connectivity index (χ2v) is 7.17. The van der Waals surface area contributed by atoms with Crippen LogP contribution in [0.3, 0.4) is 0 Å². The number of nitrogens with zero attached hydrogens (tertiary/aromatic N) is 2. The molecule has 0 atom stereocenters. The molecule has 2 heteroatoms. The normalized spacial score (nSPS) is 15.4. The van der Waals surface area contributed by atoms with Gasteiger partial charge in [0.1, 0.15) is 0 Å². The van der Waals surface area contributed by atoms with Crippen LogP contribution < -0.4 is 0 Å². The first-order valence-electron chi connectivity index (χ1n) is 9.22. The lowest BCUT2D eigenvalue weighted by Crippen LogP contribution is -2.02. The number of rotatable bonds is 7. The molecule has 1 aromatic carbocycles. The fraction of sp³-hybridized carbons (Fsp3) is 0.240. The molecule has 2 rings (SSSR count). The molecule has 0 heterocycles. The highest BCUT2D eigenvalue weighted by molar-refractivity contribution is 6.00. The molecule has 0 aromatic heterocycles. The van der Waals surface area contributed by atoms with E-state index in [4.69, 9.17) is 4.99 Å². The van der Waals surface area contributed by atoms with Crippen molar-refractivity contribution >= 4 is 11.3 Å². The van der Waals surface area contributed by atoms with Gasteiger partial charge in [-0.3, -0.25) is 4.99 Å². The maximum atomic E-state index is 4.75. The second-order valence-electron chi connectivity index (χ2n) is 7.17. The lowest BCUT2D eigenvalue weighted by Gasteiger charge is -2.11. The number of hydrogen-bond acceptors (Lipinski definition) is 2. The van der Waals surface area contributed by atoms with Crippen molar-refractivity contribution in [2.24, 2.45) is 4.99 Å². The van der Waals surface area contributed by atoms with Gasteiger partial charge >= 0.3 is 0 Å². The molecule has 0 saturated carbocycles. The first-order valence-corrected chi connectivity index (χ1v) is 9.22. The average Bonchev–Trinajstić information content (AvgIpc) is 3.05. The summed E-state index contributed by atoms with van der Waals surface area (Å²) in [4.78, 5) is 6.78. The van der Waals surface area contributed by atoms with E-state index in [2.05, 4.69) is 62.7 Å². The van der Waals surface area contributed by atoms with Crippen LogP contribution in [0.25, 0.3) is 5.57 Å². The Morgan fingerprint density at radius 1 is 1.19 bits per heavy atom. The Morgan fingerprint density at radius 3 is 2.44 bits per heavy atom. The van der Waals surface area contributed by atoms with Gasteiger partial charge < -0.3 is 4.90 Å². The van der Waals surface area contributed by atoms with Crippen molar-refractivity contribution in [2.75, 3.05) is 14.1 Å². The van der Waals surface area contributed by atoms with Crippen LogP contribution in [0.1, 0.15) is 38.3 Å². The largest absolute Gasteiger partial charge is 0.383 e. The summed E-state index contributed by atoms with van der Waals surface area (Å²) in [5.74, 6) is 0. The van der Waals surface area contributed by atoms with Crippen molar-refractivity contribution < 1.29 is 0 Å². The van der Waals surface area contributed by atoms with Gasteiger partial charge in [0.25, 0.3) is 0 Å². The number of aliphatic imine (C=N–C) groups is 1. The van der Waals surface area contributed by atoms with Crippen LogP contribution in [0.15, 0.2) is 95.3 Å². The van der Waals surface area contributed by atoms with Gasteiger partial charge in [-0.1, -0.05) is 55.2 Å². The molecule has 0 N–H and O–H groups in total. The minimum Gasteiger partial charge on any atom is -0.383 e. The van der Waals surface area contributed by atoms with Crippen LogP contribution in [-0.2, 0) is 0 Å². The van der Waals surface area contributed by atoms with E-state index in [0.29, 0.717) is 0 Å². The van der Waals surface area contributed by atoms with Crippen molar-refractivity contribution in [2.45, 2.75) is 27.2 Å². The van der Waals surface area contributed by atoms with Gasteiger partial charge in [-0.2, -0.15) is 0 Å². The van der Waals surface area contributed by atoms with Gasteiger partial charge in [-0.05, 0) is 61.1 Å². The van der Waals surface area contributed by atoms with E-state index in [-0.39, 0.29) is 0 Å². The zero-order valence-corrected chi connectivity index (χ0v) is 17.2. The lowest BCUT2D eigenvalue weighted by atomic mass is 9.99. The number of allylic oxidation sites excluding steroid dienone is 8. The molecule has 0 radical (unpaired) electrons. The van der Waals surface area contributed by atoms with E-state index in [1.165, 1.54) is 11.1 Å². The summed E-state index contributed by atoms with van der Waals surface area (Å²) < 4.78 is 0. The van der Waals surface area contributed by atoms with Crippen molar-refractivity contribution in [1.82, 2.24) is 4.90 Å². The van der Waals surface area contributed by atoms with E-state index >= 15 is 0 Å². The standard InChI is InChI=1S/C25H30N2/c1-8-21(17-27(6)7)23-13-10-12-22(15-23)20(5)26-16-25(18(2)3)24-14-9-11-19(24)4/h8-10,12-17H,1-2,11H2,3-7H3/b21-17+,25-16+,26-20+. The Labute approximate surface area is 164 Å². The fourth-order valence-corrected chi connectivity index (χ4v) is 3.02. The predicted molar refractivity (Wildman–Crippen MR) is 120 cm³/mol. The third-order valence-corrected chi connectivity index (χ3v) is 4.54. The number of hydrogen-bond donors (Lipinski definition) is 0. The third kappa shape index (κ3) is 5.30. The van der Waals surface area contributed by atoms with Crippen LogP contribution in [0, 0.1) is 0 Å². The SMILES string of the molecule is C=C/C(=C\N(C)C)c1cccc(/C(C)=N/C=C(\C(=C)C)C2=C(C)CC=C2)c1. The lowest BCUT2D eigenvalue weighted by molar-refractivity contribution is 0.566. The Morgan fingerprint density at radius 2 is 1.89 bits per heavy atom. The van der Waals surface area contributed by atoms with Gasteiger partial charge in [-0.25, -0.2) is 0 Å². The Hall–Kier alpha value is -2.87. The average molecular weight is 359 g/mol. The highest BCUT2D eigenvalue weighted by Crippen LogP contribution is 2.29. The van der Waals surface area contributed by atoms with Gasteiger partial charge in [-0.15, -0.1) is 0 Å². The molecule has 1 aliphatic carbocycles. The zero-order chi connectivity index (χ0) is 20.0. The Kier molecular flexibility index (Phi) is 6.95. The summed E-state index contributed by atoms with van der Waals surface area (Å²) in [5, 5.41) is 0. The van der Waals surface area contributed by atoms with E-state index in [1.54, 1.807) is 0 Å². The molecule has 0 unspecified atom stereocenters. The minimum atomic E-state index is 0.976. The van der Waals surface area contributed by atoms with E-state index < -0.39 is 0 Å². The fourth-order valence-electron chi connectivity index (χ4n) is 3.02. The molecular formula is C25H30N2. The summed E-state index contributed by atoms with van der Waals surface area (Å²) in [7, 11) is 4.02. The van der Waals surface area contributed by atoms with Gasteiger partial charge in [0.15, 0.2) is 0 Å². The van der Waals surface area contributed by atoms with Crippen LogP contribution in [0.2, 0.25) is 0 Å². The highest BCUT2D eigenvalue weighted by Gasteiger charge is 2.11. The summed E-state index contributed by atoms with van der Waals surface area (Å²) in [6.45, 7) is 14.3. The highest BCUT2D eigenvalue weighted by atomic mass is 15.0. The molecule has 1 aromatic rings. The summed E-state index contributed by atoms with van der Waals surface area (Å²) in [5.41, 5.74) is 9.05. The molecule has 2 nitrogen and oxygen atoms in total. The second kappa shape index (κ2) is 9.18. The van der Waals surface area contributed by atoms with E-state index in [9.17, 15) is 0 Å². The summed E-state index contributed by atoms with van der Waals surface area (Å²) in [6.07, 6.45) is 11.3. The van der Waals surface area contributed by atoms with E-state index in [1.807, 2.05) is 45.1 Å².